The quantitative estimate of drug-likeness (QED) is 0.238. The summed E-state index contributed by atoms with van der Waals surface area (Å²) >= 11 is 0. The monoisotopic (exact) mass is 487 g/mol. The van der Waals surface area contributed by atoms with Crippen LogP contribution in [0.5, 0.6) is 0 Å². The zero-order valence-electron chi connectivity index (χ0n) is 19.1. The van der Waals surface area contributed by atoms with E-state index in [1.165, 1.54) is 90.6 Å². The van der Waals surface area contributed by atoms with Crippen LogP contribution in [0.1, 0.15) is 75.3 Å². The summed E-state index contributed by atoms with van der Waals surface area (Å²) < 4.78 is 0. The summed E-state index contributed by atoms with van der Waals surface area (Å²) in [5.41, 5.74) is 2.21. The molecule has 1 fully saturated rings. The maximum Gasteiger partial charge on any atom is 0.0991 e. The molecular formula is C23H42NP5. The van der Waals surface area contributed by atoms with E-state index < -0.39 is 0 Å². The van der Waals surface area contributed by atoms with Crippen LogP contribution in [-0.2, 0) is 0 Å². The van der Waals surface area contributed by atoms with Crippen molar-refractivity contribution in [2.24, 2.45) is 5.92 Å². The summed E-state index contributed by atoms with van der Waals surface area (Å²) in [7, 11) is 5.32. The summed E-state index contributed by atoms with van der Waals surface area (Å²) in [4.78, 5) is 0. The number of hydrogen-bond acceptors (Lipinski definition) is 1. The Morgan fingerprint density at radius 3 is 1.97 bits per heavy atom. The van der Waals surface area contributed by atoms with Gasteiger partial charge in [-0.3, -0.25) is 0 Å². The van der Waals surface area contributed by atoms with Crippen molar-refractivity contribution in [3.63, 3.8) is 0 Å². The van der Waals surface area contributed by atoms with Crippen LogP contribution in [0.4, 0.5) is 0 Å². The fourth-order valence-electron chi connectivity index (χ4n) is 4.07. The van der Waals surface area contributed by atoms with Gasteiger partial charge >= 0.3 is 0 Å². The van der Waals surface area contributed by atoms with Gasteiger partial charge in [-0.1, -0.05) is 68.6 Å². The van der Waals surface area contributed by atoms with Crippen LogP contribution in [0.25, 0.3) is 0 Å². The average Bonchev–Trinajstić information content (AvgIpc) is 2.78. The molecule has 0 bridgehead atoms. The lowest BCUT2D eigenvalue weighted by molar-refractivity contribution is 0.303. The van der Waals surface area contributed by atoms with Gasteiger partial charge in [0.15, 0.2) is 0 Å². The van der Waals surface area contributed by atoms with Gasteiger partial charge < -0.3 is 0 Å². The van der Waals surface area contributed by atoms with Crippen LogP contribution in [-0.4, -0.2) is 31.8 Å². The molecule has 0 amide bonds. The lowest BCUT2D eigenvalue weighted by atomic mass is 9.77. The highest BCUT2D eigenvalue weighted by atomic mass is 32.4. The molecule has 0 aromatic heterocycles. The molecule has 1 aliphatic carbocycles. The van der Waals surface area contributed by atoms with Gasteiger partial charge in [0.1, 0.15) is 0 Å². The minimum atomic E-state index is 0.460. The van der Waals surface area contributed by atoms with Gasteiger partial charge in [0.05, 0.1) is 11.6 Å². The molecule has 1 aromatic rings. The molecule has 29 heavy (non-hydrogen) atoms. The van der Waals surface area contributed by atoms with Gasteiger partial charge in [0, 0.05) is 5.14 Å². The number of benzene rings is 1. The first-order chi connectivity index (χ1) is 14.1. The van der Waals surface area contributed by atoms with Gasteiger partial charge in [0.2, 0.25) is 0 Å². The van der Waals surface area contributed by atoms with Gasteiger partial charge in [-0.15, -0.1) is 17.2 Å². The Balaban J connectivity index is 0.000000359. The van der Waals surface area contributed by atoms with E-state index in [1.54, 1.807) is 0 Å². The fraction of sp³-hybridized carbons (Fsp3) is 0.696. The Morgan fingerprint density at radius 2 is 1.55 bits per heavy atom. The Kier molecular flexibility index (Phi) is 16.8. The minimum absolute atomic E-state index is 0.460. The van der Waals surface area contributed by atoms with E-state index in [4.69, 9.17) is 5.26 Å². The highest BCUT2D eigenvalue weighted by Crippen LogP contribution is 2.76. The van der Waals surface area contributed by atoms with Crippen LogP contribution < -0.4 is 0 Å². The topological polar surface area (TPSA) is 23.8 Å². The Morgan fingerprint density at radius 1 is 0.966 bits per heavy atom. The summed E-state index contributed by atoms with van der Waals surface area (Å²) in [6, 6.07) is 10.4. The van der Waals surface area contributed by atoms with E-state index in [2.05, 4.69) is 51.8 Å². The normalized spacial score (nSPS) is 22.5. The molecular weight excluding hydrogens is 445 g/mol. The molecule has 1 saturated carbocycles. The highest BCUT2D eigenvalue weighted by molar-refractivity contribution is 8.54. The maximum absolute atomic E-state index is 8.83. The molecule has 1 aromatic carbocycles. The van der Waals surface area contributed by atoms with Crippen molar-refractivity contribution in [1.82, 2.24) is 0 Å². The largest absolute Gasteiger partial charge is 0.192 e. The smallest absolute Gasteiger partial charge is 0.0991 e. The second-order valence-corrected chi connectivity index (χ2v) is 20.7. The SMILES string of the molecule is CCCCCC1CCC(c2ccc(C#N)cc2)CC1.CPC(PC)P(PC)PC. The molecule has 1 nitrogen and oxygen atoms in total. The van der Waals surface area contributed by atoms with Crippen LogP contribution in [0.3, 0.4) is 0 Å². The van der Waals surface area contributed by atoms with Gasteiger partial charge in [-0.05, 0) is 81.9 Å². The van der Waals surface area contributed by atoms with E-state index in [1.807, 2.05) is 12.1 Å². The predicted octanol–water partition coefficient (Wildman–Crippen LogP) is 9.23. The minimum Gasteiger partial charge on any atom is -0.192 e. The van der Waals surface area contributed by atoms with E-state index in [9.17, 15) is 0 Å². The maximum atomic E-state index is 8.83. The first kappa shape index (κ1) is 27.9. The van der Waals surface area contributed by atoms with Crippen molar-refractivity contribution < 1.29 is 0 Å². The lowest BCUT2D eigenvalue weighted by Gasteiger charge is -2.28. The molecule has 1 aliphatic rings. The van der Waals surface area contributed by atoms with E-state index >= 15 is 0 Å². The molecule has 0 heterocycles. The average molecular weight is 487 g/mol. The van der Waals surface area contributed by atoms with Crippen molar-refractivity contribution in [1.29, 1.82) is 5.26 Å². The van der Waals surface area contributed by atoms with Crippen LogP contribution >= 0.6 is 41.0 Å². The first-order valence-electron chi connectivity index (χ1n) is 11.1. The van der Waals surface area contributed by atoms with Gasteiger partial charge in [0.25, 0.3) is 0 Å². The standard InChI is InChI=1S/C18H25N.C5H17P5/c1-2-3-4-5-15-6-10-17(11-7-15)18-12-8-16(14-19)9-13-18;1-6-5(7-2)10(8-3)9-4/h8-9,12-13,15,17H,2-7,10-11H2,1H3;5-9H,1-4H3. The fourth-order valence-corrected chi connectivity index (χ4v) is 21.6. The van der Waals surface area contributed by atoms with Gasteiger partial charge in [-0.25, -0.2) is 0 Å². The first-order valence-corrected chi connectivity index (χ1v) is 20.4. The Labute approximate surface area is 189 Å². The summed E-state index contributed by atoms with van der Waals surface area (Å²) in [6.07, 6.45) is 11.1. The molecule has 0 aliphatic heterocycles. The van der Waals surface area contributed by atoms with E-state index in [0.717, 1.165) is 22.5 Å². The third-order valence-corrected chi connectivity index (χ3v) is 24.8. The summed E-state index contributed by atoms with van der Waals surface area (Å²) in [5.74, 6) is 1.70. The third kappa shape index (κ3) is 10.8. The van der Waals surface area contributed by atoms with E-state index in [0.29, 0.717) is 7.30 Å². The third-order valence-electron chi connectivity index (χ3n) is 5.86. The molecule has 0 radical (unpaired) electrons. The number of nitriles is 1. The molecule has 0 spiro atoms. The van der Waals surface area contributed by atoms with Crippen molar-refractivity contribution in [2.75, 3.05) is 26.7 Å². The van der Waals surface area contributed by atoms with Crippen molar-refractivity contribution in [2.45, 2.75) is 69.3 Å². The van der Waals surface area contributed by atoms with E-state index in [-0.39, 0.29) is 0 Å². The van der Waals surface area contributed by atoms with Crippen LogP contribution in [0, 0.1) is 17.2 Å². The van der Waals surface area contributed by atoms with Crippen LogP contribution in [0.2, 0.25) is 0 Å². The second-order valence-electron chi connectivity index (χ2n) is 7.74. The Hall–Kier alpha value is 0.860. The van der Waals surface area contributed by atoms with Crippen molar-refractivity contribution in [3.05, 3.63) is 35.4 Å². The Bertz CT molecular complexity index is 546. The number of rotatable bonds is 10. The molecule has 6 heteroatoms. The van der Waals surface area contributed by atoms with Crippen molar-refractivity contribution in [3.8, 4) is 6.07 Å². The molecule has 0 N–H and O–H groups in total. The zero-order chi connectivity index (χ0) is 21.5. The van der Waals surface area contributed by atoms with Crippen LogP contribution in [0.15, 0.2) is 24.3 Å². The number of unbranched alkanes of at least 4 members (excludes halogenated alkanes) is 2. The predicted molar refractivity (Wildman–Crippen MR) is 148 cm³/mol. The molecule has 0 saturated heterocycles. The number of nitrogens with zero attached hydrogens (tertiary/aromatic N) is 1. The second kappa shape index (κ2) is 17.4. The van der Waals surface area contributed by atoms with Gasteiger partial charge in [-0.2, -0.15) is 5.26 Å². The lowest BCUT2D eigenvalue weighted by Crippen LogP contribution is -2.13. The zero-order valence-corrected chi connectivity index (χ0v) is 24.0. The summed E-state index contributed by atoms with van der Waals surface area (Å²) in [6.45, 7) is 11.8. The summed E-state index contributed by atoms with van der Waals surface area (Å²) in [5, 5.41) is 9.95. The highest BCUT2D eigenvalue weighted by Gasteiger charge is 2.21. The molecule has 2 rings (SSSR count). The molecule has 4 atom stereocenters. The number of hydrogen-bond donors (Lipinski definition) is 0. The molecule has 4 unspecified atom stereocenters. The van der Waals surface area contributed by atoms with Crippen molar-refractivity contribution >= 4 is 41.0 Å². The molecule has 164 valence electrons.